The molecule has 0 radical (unpaired) electrons. The Morgan fingerprint density at radius 2 is 0.557 bits per heavy atom. The molecule has 0 fully saturated rings. The van der Waals surface area contributed by atoms with Crippen molar-refractivity contribution in [3.63, 3.8) is 0 Å². The number of fused-ring (bicyclic) bond motifs is 12. The van der Waals surface area contributed by atoms with Gasteiger partial charge in [0.1, 0.15) is 0 Å². The van der Waals surface area contributed by atoms with Gasteiger partial charge in [0.15, 0.2) is 17.5 Å². The van der Waals surface area contributed by atoms with Gasteiger partial charge in [0, 0.05) is 16.7 Å². The Morgan fingerprint density at radius 1 is 0.213 bits per heavy atom. The third-order valence-electron chi connectivity index (χ3n) is 12.6. The van der Waals surface area contributed by atoms with E-state index in [1.54, 1.807) is 0 Å². The minimum absolute atomic E-state index is 0.551. The first-order valence-corrected chi connectivity index (χ1v) is 20.9. The second-order valence-corrected chi connectivity index (χ2v) is 15.9. The summed E-state index contributed by atoms with van der Waals surface area (Å²) in [7, 11) is 0. The molecular formula is C58H37N3. The van der Waals surface area contributed by atoms with Crippen molar-refractivity contribution in [1.82, 2.24) is 15.0 Å². The van der Waals surface area contributed by atoms with Crippen LogP contribution < -0.4 is 0 Å². The summed E-state index contributed by atoms with van der Waals surface area (Å²) in [6.07, 6.45) is 0. The molecule has 12 rings (SSSR count). The fourth-order valence-electron chi connectivity index (χ4n) is 9.87. The topological polar surface area (TPSA) is 38.7 Å². The predicted molar refractivity (Wildman–Crippen MR) is 249 cm³/mol. The van der Waals surface area contributed by atoms with E-state index in [1.165, 1.54) is 55.6 Å². The van der Waals surface area contributed by atoms with Crippen molar-refractivity contribution >= 4 is 0 Å². The average molecular weight is 776 g/mol. The van der Waals surface area contributed by atoms with Crippen LogP contribution in [0.1, 0.15) is 22.3 Å². The third-order valence-corrected chi connectivity index (χ3v) is 12.6. The van der Waals surface area contributed by atoms with E-state index in [4.69, 9.17) is 15.0 Å². The van der Waals surface area contributed by atoms with E-state index in [0.29, 0.717) is 17.5 Å². The summed E-state index contributed by atoms with van der Waals surface area (Å²) in [5.41, 5.74) is 19.3. The number of hydrogen-bond acceptors (Lipinski definition) is 3. The highest BCUT2D eigenvalue weighted by atomic mass is 15.0. The summed E-state index contributed by atoms with van der Waals surface area (Å²) in [5.74, 6) is 1.88. The van der Waals surface area contributed by atoms with Crippen molar-refractivity contribution in [3.05, 3.63) is 247 Å². The van der Waals surface area contributed by atoms with E-state index in [-0.39, 0.29) is 0 Å². The summed E-state index contributed by atoms with van der Waals surface area (Å²) in [4.78, 5) is 15.8. The fraction of sp³-hybridized carbons (Fsp3) is 0.0172. The molecule has 1 spiro atoms. The van der Waals surface area contributed by atoms with Crippen LogP contribution in [0.25, 0.3) is 89.8 Å². The van der Waals surface area contributed by atoms with Crippen molar-refractivity contribution < 1.29 is 0 Å². The Hall–Kier alpha value is -8.01. The zero-order valence-electron chi connectivity index (χ0n) is 33.2. The molecule has 3 heteroatoms. The van der Waals surface area contributed by atoms with E-state index in [0.717, 1.165) is 38.9 Å². The van der Waals surface area contributed by atoms with Gasteiger partial charge in [0.05, 0.1) is 5.41 Å². The molecule has 2 aliphatic rings. The molecule has 10 aromatic rings. The number of benzene rings is 9. The number of hydrogen-bond donors (Lipinski definition) is 0. The number of rotatable bonds is 5. The van der Waals surface area contributed by atoms with Gasteiger partial charge in [-0.2, -0.15) is 0 Å². The van der Waals surface area contributed by atoms with Crippen LogP contribution in [0.2, 0.25) is 0 Å². The quantitative estimate of drug-likeness (QED) is 0.175. The summed E-state index contributed by atoms with van der Waals surface area (Å²) in [6, 6.07) is 80.6. The van der Waals surface area contributed by atoms with E-state index in [9.17, 15) is 0 Å². The molecule has 1 aromatic heterocycles. The molecule has 0 aliphatic heterocycles. The van der Waals surface area contributed by atoms with Crippen molar-refractivity contribution in [2.75, 3.05) is 0 Å². The van der Waals surface area contributed by atoms with Gasteiger partial charge in [0.25, 0.3) is 0 Å². The van der Waals surface area contributed by atoms with Gasteiger partial charge in [-0.05, 0) is 90.0 Å². The van der Waals surface area contributed by atoms with E-state index < -0.39 is 5.41 Å². The Kier molecular flexibility index (Phi) is 8.07. The van der Waals surface area contributed by atoms with Gasteiger partial charge in [-0.25, -0.2) is 15.0 Å². The smallest absolute Gasteiger partial charge is 0.164 e. The highest BCUT2D eigenvalue weighted by Gasteiger charge is 2.49. The van der Waals surface area contributed by atoms with Gasteiger partial charge < -0.3 is 0 Å². The van der Waals surface area contributed by atoms with Gasteiger partial charge in [0.2, 0.25) is 0 Å². The van der Waals surface area contributed by atoms with Crippen LogP contribution in [-0.4, -0.2) is 15.0 Å². The molecule has 2 aliphatic carbocycles. The monoisotopic (exact) mass is 775 g/mol. The van der Waals surface area contributed by atoms with Gasteiger partial charge in [-0.1, -0.05) is 212 Å². The first-order chi connectivity index (χ1) is 30.2. The predicted octanol–water partition coefficient (Wildman–Crippen LogP) is 14.2. The molecule has 0 N–H and O–H groups in total. The van der Waals surface area contributed by atoms with Gasteiger partial charge in [-0.3, -0.25) is 0 Å². The first kappa shape index (κ1) is 35.0. The van der Waals surface area contributed by atoms with Crippen LogP contribution >= 0.6 is 0 Å². The van der Waals surface area contributed by atoms with E-state index >= 15 is 0 Å². The highest BCUT2D eigenvalue weighted by molar-refractivity contribution is 5.98. The van der Waals surface area contributed by atoms with Crippen LogP contribution in [0, 0.1) is 0 Å². The van der Waals surface area contributed by atoms with Crippen molar-refractivity contribution in [1.29, 1.82) is 0 Å². The molecule has 0 unspecified atom stereocenters. The fourth-order valence-corrected chi connectivity index (χ4v) is 9.87. The normalized spacial score (nSPS) is 12.7. The lowest BCUT2D eigenvalue weighted by molar-refractivity contribution is 0.775. The standard InChI is InChI=1S/C58H37N3/c1-3-16-38(17-4-1)40-30-32-41(33-31-40)55-59-56(43-21-15-20-42(36-43)39-18-5-2-6-19-39)61-57(60-55)44-34-35-54-50(37-44)46-23-8-7-22-45(46)47-24-9-12-27-51(47)58(54)52-28-13-10-25-48(52)49-26-11-14-29-53(49)58/h1-37H. The van der Waals surface area contributed by atoms with Crippen molar-refractivity contribution in [2.45, 2.75) is 5.41 Å². The number of nitrogens with zero attached hydrogens (tertiary/aromatic N) is 3. The lowest BCUT2D eigenvalue weighted by atomic mass is 9.66. The van der Waals surface area contributed by atoms with Gasteiger partial charge in [-0.15, -0.1) is 0 Å². The zero-order chi connectivity index (χ0) is 40.3. The molecule has 3 nitrogen and oxygen atoms in total. The molecule has 0 atom stereocenters. The van der Waals surface area contributed by atoms with Crippen LogP contribution in [-0.2, 0) is 5.41 Å². The van der Waals surface area contributed by atoms with Crippen LogP contribution in [0.3, 0.4) is 0 Å². The van der Waals surface area contributed by atoms with Crippen molar-refractivity contribution in [2.24, 2.45) is 0 Å². The molecule has 9 aromatic carbocycles. The zero-order valence-corrected chi connectivity index (χ0v) is 33.2. The maximum absolute atomic E-state index is 5.31. The van der Waals surface area contributed by atoms with Crippen molar-refractivity contribution in [3.8, 4) is 89.8 Å². The lowest BCUT2D eigenvalue weighted by Gasteiger charge is -2.35. The minimum atomic E-state index is -0.551. The average Bonchev–Trinajstić information content (AvgIpc) is 3.59. The highest BCUT2D eigenvalue weighted by Crippen LogP contribution is 2.61. The molecule has 0 saturated carbocycles. The van der Waals surface area contributed by atoms with Gasteiger partial charge >= 0.3 is 0 Å². The Bertz CT molecular complexity index is 3250. The summed E-state index contributed by atoms with van der Waals surface area (Å²) in [6.45, 7) is 0. The van der Waals surface area contributed by atoms with E-state index in [2.05, 4.69) is 212 Å². The molecule has 0 amide bonds. The number of aromatic nitrogens is 3. The molecule has 61 heavy (non-hydrogen) atoms. The summed E-state index contributed by atoms with van der Waals surface area (Å²) < 4.78 is 0. The molecule has 1 heterocycles. The molecule has 284 valence electrons. The minimum Gasteiger partial charge on any atom is -0.208 e. The Balaban J connectivity index is 1.10. The summed E-state index contributed by atoms with van der Waals surface area (Å²) >= 11 is 0. The molecule has 0 bridgehead atoms. The summed E-state index contributed by atoms with van der Waals surface area (Å²) in [5, 5.41) is 0. The van der Waals surface area contributed by atoms with Crippen LogP contribution in [0.4, 0.5) is 0 Å². The third kappa shape index (κ3) is 5.55. The maximum atomic E-state index is 5.31. The Labute approximate surface area is 355 Å². The SMILES string of the molecule is c1ccc(-c2ccc(-c3nc(-c4cccc(-c5ccccc5)c4)nc(-c4ccc5c(c4)-c4ccccc4-c4ccccc4C54c5ccccc5-c5ccccc54)n3)cc2)cc1. The maximum Gasteiger partial charge on any atom is 0.164 e. The van der Waals surface area contributed by atoms with Crippen LogP contribution in [0.5, 0.6) is 0 Å². The largest absolute Gasteiger partial charge is 0.208 e. The molecular weight excluding hydrogens is 739 g/mol. The molecule has 0 saturated heterocycles. The Morgan fingerprint density at radius 3 is 1.13 bits per heavy atom. The second kappa shape index (κ2) is 14.1. The first-order valence-electron chi connectivity index (χ1n) is 20.9. The second-order valence-electron chi connectivity index (χ2n) is 15.9. The lowest BCUT2D eigenvalue weighted by Crippen LogP contribution is -2.29. The van der Waals surface area contributed by atoms with Crippen LogP contribution in [0.15, 0.2) is 224 Å². The van der Waals surface area contributed by atoms with E-state index in [1.807, 2.05) is 12.1 Å².